The predicted octanol–water partition coefficient (Wildman–Crippen LogP) is 2.85. The van der Waals surface area contributed by atoms with E-state index in [-0.39, 0.29) is 17.7 Å². The minimum atomic E-state index is -0.345. The highest BCUT2D eigenvalue weighted by Gasteiger charge is 2.29. The molecule has 2 N–H and O–H groups in total. The van der Waals surface area contributed by atoms with E-state index in [1.165, 1.54) is 6.20 Å². The van der Waals surface area contributed by atoms with Crippen LogP contribution in [0.3, 0.4) is 0 Å². The van der Waals surface area contributed by atoms with E-state index in [9.17, 15) is 9.59 Å². The first-order chi connectivity index (χ1) is 13.6. The molecule has 1 fully saturated rings. The molecule has 3 rings (SSSR count). The first kappa shape index (κ1) is 19.2. The number of nitrogens with zero attached hydrogens (tertiary/aromatic N) is 3. The van der Waals surface area contributed by atoms with Crippen LogP contribution in [0.25, 0.3) is 5.57 Å². The van der Waals surface area contributed by atoms with Crippen LogP contribution in [0.1, 0.15) is 28.8 Å². The normalized spacial score (nSPS) is 14.0. The maximum absolute atomic E-state index is 12.7. The molecule has 7 heteroatoms. The van der Waals surface area contributed by atoms with Gasteiger partial charge in [-0.2, -0.15) is 0 Å². The van der Waals surface area contributed by atoms with Gasteiger partial charge in [0, 0.05) is 54.6 Å². The molecule has 0 unspecified atom stereocenters. The molecular formula is C21H21N5O2. The zero-order chi connectivity index (χ0) is 19.9. The highest BCUT2D eigenvalue weighted by atomic mass is 16.2. The van der Waals surface area contributed by atoms with Gasteiger partial charge in [0.05, 0.1) is 0 Å². The van der Waals surface area contributed by atoms with E-state index in [4.69, 9.17) is 0 Å². The summed E-state index contributed by atoms with van der Waals surface area (Å²) in [6, 6.07) is 6.78. The molecule has 0 aliphatic heterocycles. The van der Waals surface area contributed by atoms with Crippen molar-refractivity contribution >= 4 is 29.4 Å². The van der Waals surface area contributed by atoms with Crippen molar-refractivity contribution in [1.82, 2.24) is 15.3 Å². The Balaban J connectivity index is 1.73. The average molecular weight is 375 g/mol. The standard InChI is InChI=1S/C21H21N5O2/c1-14(18(8-9-22-2)15-5-10-23-11-6-15)25-21(28)17-7-12-24-19(13-17)26-20(27)16-3-4-16/h5-13,16H,1,3-4H2,2H3,(H,25,28)(H,24,26,27). The topological polar surface area (TPSA) is 96.3 Å². The summed E-state index contributed by atoms with van der Waals surface area (Å²) in [5.74, 6) is 0.0180. The fraction of sp³-hybridized carbons (Fsp3) is 0.190. The molecule has 0 spiro atoms. The lowest BCUT2D eigenvalue weighted by Crippen LogP contribution is -2.23. The van der Waals surface area contributed by atoms with Crippen molar-refractivity contribution in [2.24, 2.45) is 10.9 Å². The molecule has 1 aliphatic carbocycles. The van der Waals surface area contributed by atoms with Crippen LogP contribution in [0.2, 0.25) is 0 Å². The lowest BCUT2D eigenvalue weighted by Gasteiger charge is -2.13. The van der Waals surface area contributed by atoms with Crippen LogP contribution in [-0.4, -0.2) is 35.0 Å². The monoisotopic (exact) mass is 375 g/mol. The van der Waals surface area contributed by atoms with Crippen molar-refractivity contribution < 1.29 is 9.59 Å². The second kappa shape index (κ2) is 8.85. The van der Waals surface area contributed by atoms with E-state index >= 15 is 0 Å². The van der Waals surface area contributed by atoms with E-state index < -0.39 is 0 Å². The number of hydrogen-bond donors (Lipinski definition) is 2. The summed E-state index contributed by atoms with van der Waals surface area (Å²) in [6.07, 6.45) is 10.0. The van der Waals surface area contributed by atoms with Crippen molar-refractivity contribution in [2.45, 2.75) is 12.8 Å². The van der Waals surface area contributed by atoms with Crippen molar-refractivity contribution in [3.8, 4) is 0 Å². The molecule has 2 amide bonds. The number of nitrogens with one attached hydrogen (secondary N) is 2. The molecule has 0 aromatic carbocycles. The number of aliphatic imine (C=N–C) groups is 1. The Labute approximate surface area is 163 Å². The van der Waals surface area contributed by atoms with Gasteiger partial charge >= 0.3 is 0 Å². The Morgan fingerprint density at radius 2 is 1.89 bits per heavy atom. The fourth-order valence-corrected chi connectivity index (χ4v) is 2.54. The van der Waals surface area contributed by atoms with Gasteiger partial charge in [-0.3, -0.25) is 19.6 Å². The highest BCUT2D eigenvalue weighted by Crippen LogP contribution is 2.30. The Hall–Kier alpha value is -3.61. The van der Waals surface area contributed by atoms with Crippen LogP contribution in [0.5, 0.6) is 0 Å². The SMILES string of the molecule is C=C(NC(=O)c1ccnc(NC(=O)C2CC2)c1)C(=CC=NC)c1ccncc1. The van der Waals surface area contributed by atoms with Gasteiger partial charge < -0.3 is 10.6 Å². The van der Waals surface area contributed by atoms with Gasteiger partial charge in [-0.1, -0.05) is 6.58 Å². The predicted molar refractivity (Wildman–Crippen MR) is 109 cm³/mol. The number of aromatic nitrogens is 2. The zero-order valence-corrected chi connectivity index (χ0v) is 15.6. The number of allylic oxidation sites excluding steroid dienone is 2. The lowest BCUT2D eigenvalue weighted by atomic mass is 10.0. The molecule has 2 heterocycles. The number of amides is 2. The number of carbonyl (C=O) groups is 2. The Kier molecular flexibility index (Phi) is 6.06. The summed E-state index contributed by atoms with van der Waals surface area (Å²) in [5.41, 5.74) is 2.38. The molecule has 0 radical (unpaired) electrons. The summed E-state index contributed by atoms with van der Waals surface area (Å²) in [5, 5.41) is 5.54. The van der Waals surface area contributed by atoms with Crippen molar-refractivity contribution in [2.75, 3.05) is 12.4 Å². The minimum absolute atomic E-state index is 0.0590. The van der Waals surface area contributed by atoms with Crippen molar-refractivity contribution in [1.29, 1.82) is 0 Å². The maximum Gasteiger partial charge on any atom is 0.255 e. The van der Waals surface area contributed by atoms with Crippen LogP contribution in [-0.2, 0) is 4.79 Å². The third-order valence-electron chi connectivity index (χ3n) is 4.19. The molecule has 1 aliphatic rings. The second-order valence-electron chi connectivity index (χ2n) is 6.35. The van der Waals surface area contributed by atoms with Crippen LogP contribution >= 0.6 is 0 Å². The number of carbonyl (C=O) groups excluding carboxylic acids is 2. The van der Waals surface area contributed by atoms with Gasteiger partial charge in [-0.15, -0.1) is 0 Å². The van der Waals surface area contributed by atoms with Gasteiger partial charge in [0.15, 0.2) is 0 Å². The minimum Gasteiger partial charge on any atom is -0.322 e. The molecular weight excluding hydrogens is 354 g/mol. The van der Waals surface area contributed by atoms with Crippen LogP contribution in [0.15, 0.2) is 66.2 Å². The number of pyridine rings is 2. The molecule has 7 nitrogen and oxygen atoms in total. The summed E-state index contributed by atoms with van der Waals surface area (Å²) in [6.45, 7) is 3.98. The molecule has 1 saturated carbocycles. The maximum atomic E-state index is 12.7. The van der Waals surface area contributed by atoms with Crippen LogP contribution < -0.4 is 10.6 Å². The van der Waals surface area contributed by atoms with E-state index in [1.54, 1.807) is 43.9 Å². The van der Waals surface area contributed by atoms with E-state index in [0.717, 1.165) is 24.0 Å². The molecule has 2 aromatic heterocycles. The third-order valence-corrected chi connectivity index (χ3v) is 4.19. The average Bonchev–Trinajstić information content (AvgIpc) is 3.55. The molecule has 0 saturated heterocycles. The van der Waals surface area contributed by atoms with Crippen molar-refractivity contribution in [3.63, 3.8) is 0 Å². The van der Waals surface area contributed by atoms with Gasteiger partial charge in [0.1, 0.15) is 5.82 Å². The first-order valence-electron chi connectivity index (χ1n) is 8.89. The zero-order valence-electron chi connectivity index (χ0n) is 15.6. The van der Waals surface area contributed by atoms with Gasteiger partial charge in [0.25, 0.3) is 5.91 Å². The molecule has 0 atom stereocenters. The number of rotatable bonds is 7. The summed E-state index contributed by atoms with van der Waals surface area (Å²) in [4.78, 5) is 36.6. The summed E-state index contributed by atoms with van der Waals surface area (Å²) >= 11 is 0. The largest absolute Gasteiger partial charge is 0.322 e. The third kappa shape index (κ3) is 4.97. The van der Waals surface area contributed by atoms with Gasteiger partial charge in [0.2, 0.25) is 5.91 Å². The molecule has 2 aromatic rings. The second-order valence-corrected chi connectivity index (χ2v) is 6.35. The van der Waals surface area contributed by atoms with Gasteiger partial charge in [-0.25, -0.2) is 4.98 Å². The molecule has 28 heavy (non-hydrogen) atoms. The van der Waals surface area contributed by atoms with E-state index in [0.29, 0.717) is 17.1 Å². The van der Waals surface area contributed by atoms with Crippen molar-refractivity contribution in [3.05, 3.63) is 72.3 Å². The fourth-order valence-electron chi connectivity index (χ4n) is 2.54. The molecule has 0 bridgehead atoms. The quantitative estimate of drug-likeness (QED) is 0.574. The summed E-state index contributed by atoms with van der Waals surface area (Å²) < 4.78 is 0. The van der Waals surface area contributed by atoms with Gasteiger partial charge in [-0.05, 0) is 48.7 Å². The highest BCUT2D eigenvalue weighted by molar-refractivity contribution is 6.01. The lowest BCUT2D eigenvalue weighted by molar-refractivity contribution is -0.117. The number of hydrogen-bond acceptors (Lipinski definition) is 5. The van der Waals surface area contributed by atoms with Crippen LogP contribution in [0.4, 0.5) is 5.82 Å². The number of anilines is 1. The van der Waals surface area contributed by atoms with Crippen LogP contribution in [0, 0.1) is 5.92 Å². The Bertz CT molecular complexity index is 946. The Morgan fingerprint density at radius 1 is 1.18 bits per heavy atom. The molecule has 142 valence electrons. The summed E-state index contributed by atoms with van der Waals surface area (Å²) in [7, 11) is 1.66. The van der Waals surface area contributed by atoms with E-state index in [1.807, 2.05) is 12.1 Å². The smallest absolute Gasteiger partial charge is 0.255 e. The first-order valence-corrected chi connectivity index (χ1v) is 8.89. The van der Waals surface area contributed by atoms with E-state index in [2.05, 4.69) is 32.2 Å². The Morgan fingerprint density at radius 3 is 2.57 bits per heavy atom.